The molecule has 0 spiro atoms. The van der Waals surface area contributed by atoms with Crippen LogP contribution < -0.4 is 10.6 Å². The van der Waals surface area contributed by atoms with E-state index in [9.17, 15) is 24.3 Å². The fraction of sp³-hybridized carbons (Fsp3) is 0.568. The van der Waals surface area contributed by atoms with Gasteiger partial charge in [-0.2, -0.15) is 0 Å². The molecule has 0 heterocycles. The molecule has 0 radical (unpaired) electrons. The third-order valence-electron chi connectivity index (χ3n) is 7.50. The second-order valence-electron chi connectivity index (χ2n) is 13.9. The van der Waals surface area contributed by atoms with Crippen molar-refractivity contribution in [3.05, 3.63) is 70.8 Å². The first-order valence-electron chi connectivity index (χ1n) is 16.5. The summed E-state index contributed by atoms with van der Waals surface area (Å²) < 4.78 is 11.1. The first kappa shape index (κ1) is 39.3. The lowest BCUT2D eigenvalue weighted by Crippen LogP contribution is -2.56. The van der Waals surface area contributed by atoms with Gasteiger partial charge >= 0.3 is 12.1 Å². The Balaban J connectivity index is 2.63. The van der Waals surface area contributed by atoms with Crippen LogP contribution in [0.4, 0.5) is 4.79 Å². The zero-order chi connectivity index (χ0) is 35.4. The summed E-state index contributed by atoms with van der Waals surface area (Å²) in [6.07, 6.45) is 2.59. The highest BCUT2D eigenvalue weighted by atomic mass is 16.6. The maximum absolute atomic E-state index is 14.5. The van der Waals surface area contributed by atoms with Crippen LogP contribution in [0.1, 0.15) is 102 Å². The standard InChI is InChI=1S/C37H55N3O7/c1-10-11-12-16-22-40(33(43)30(24-41)39-35(45)47-37(7,8)9)31(28-21-17-18-25(2)26(28)3)32(42)38-29(34(44)46-36(4,5)6)23-27-19-14-13-15-20-27/h13-15,17-21,29-31,41H,10-12,16,22-24H2,1-9H3,(H,38,42)(H,39,45). The fourth-order valence-corrected chi connectivity index (χ4v) is 5.10. The number of amides is 3. The number of esters is 1. The van der Waals surface area contributed by atoms with Crippen molar-refractivity contribution in [2.45, 2.75) is 124 Å². The van der Waals surface area contributed by atoms with Gasteiger partial charge in [0.05, 0.1) is 6.61 Å². The van der Waals surface area contributed by atoms with Crippen LogP contribution in [-0.4, -0.2) is 70.3 Å². The van der Waals surface area contributed by atoms with E-state index >= 15 is 0 Å². The normalized spacial score (nSPS) is 13.6. The number of aryl methyl sites for hydroxylation is 1. The highest BCUT2D eigenvalue weighted by molar-refractivity contribution is 5.94. The largest absolute Gasteiger partial charge is 0.458 e. The van der Waals surface area contributed by atoms with E-state index in [2.05, 4.69) is 17.6 Å². The number of alkyl carbamates (subject to hydrolysis) is 1. The monoisotopic (exact) mass is 653 g/mol. The van der Waals surface area contributed by atoms with Crippen LogP contribution in [0.5, 0.6) is 0 Å². The molecule has 47 heavy (non-hydrogen) atoms. The Morgan fingerprint density at radius 3 is 2.02 bits per heavy atom. The number of benzene rings is 2. The number of nitrogens with zero attached hydrogens (tertiary/aromatic N) is 1. The molecule has 260 valence electrons. The van der Waals surface area contributed by atoms with Gasteiger partial charge in [0.25, 0.3) is 0 Å². The summed E-state index contributed by atoms with van der Waals surface area (Å²) in [5, 5.41) is 15.7. The Kier molecular flexibility index (Phi) is 14.9. The van der Waals surface area contributed by atoms with Crippen molar-refractivity contribution < 1.29 is 33.8 Å². The predicted octanol–water partition coefficient (Wildman–Crippen LogP) is 5.71. The van der Waals surface area contributed by atoms with Crippen LogP contribution in [0.15, 0.2) is 48.5 Å². The Hall–Kier alpha value is -3.92. The van der Waals surface area contributed by atoms with Crippen molar-refractivity contribution in [3.8, 4) is 0 Å². The van der Waals surface area contributed by atoms with Gasteiger partial charge in [0, 0.05) is 13.0 Å². The second kappa shape index (κ2) is 17.8. The summed E-state index contributed by atoms with van der Waals surface area (Å²) in [6.45, 7) is 15.7. The molecule has 0 saturated heterocycles. The zero-order valence-electron chi connectivity index (χ0n) is 29.6. The molecule has 3 atom stereocenters. The average molecular weight is 654 g/mol. The minimum atomic E-state index is -1.37. The third kappa shape index (κ3) is 13.0. The molecule has 10 nitrogen and oxygen atoms in total. The number of rotatable bonds is 15. The van der Waals surface area contributed by atoms with Crippen molar-refractivity contribution >= 4 is 23.9 Å². The minimum absolute atomic E-state index is 0.172. The smallest absolute Gasteiger partial charge is 0.408 e. The van der Waals surface area contributed by atoms with Gasteiger partial charge in [-0.25, -0.2) is 9.59 Å². The highest BCUT2D eigenvalue weighted by Gasteiger charge is 2.38. The summed E-state index contributed by atoms with van der Waals surface area (Å²) in [5.41, 5.74) is 1.48. The summed E-state index contributed by atoms with van der Waals surface area (Å²) in [4.78, 5) is 56.4. The summed E-state index contributed by atoms with van der Waals surface area (Å²) in [6, 6.07) is 11.2. The van der Waals surface area contributed by atoms with Crippen molar-refractivity contribution in [2.75, 3.05) is 13.2 Å². The average Bonchev–Trinajstić information content (AvgIpc) is 2.97. The van der Waals surface area contributed by atoms with Crippen LogP contribution in [0.25, 0.3) is 0 Å². The zero-order valence-corrected chi connectivity index (χ0v) is 29.6. The van der Waals surface area contributed by atoms with E-state index < -0.39 is 59.8 Å². The number of aliphatic hydroxyl groups is 1. The number of unbranched alkanes of at least 4 members (excludes halogenated alkanes) is 3. The lowest BCUT2D eigenvalue weighted by atomic mass is 9.94. The Bertz CT molecular complexity index is 1330. The van der Waals surface area contributed by atoms with E-state index in [-0.39, 0.29) is 13.0 Å². The maximum Gasteiger partial charge on any atom is 0.408 e. The summed E-state index contributed by atoms with van der Waals surface area (Å²) in [5.74, 6) is -1.83. The molecule has 0 aliphatic rings. The van der Waals surface area contributed by atoms with E-state index in [0.29, 0.717) is 12.0 Å². The predicted molar refractivity (Wildman–Crippen MR) is 183 cm³/mol. The van der Waals surface area contributed by atoms with E-state index in [0.717, 1.165) is 36.0 Å². The molecule has 0 aliphatic carbocycles. The number of carbonyl (C=O) groups excluding carboxylic acids is 4. The number of hydrogen-bond acceptors (Lipinski definition) is 7. The van der Waals surface area contributed by atoms with Gasteiger partial charge in [0.2, 0.25) is 11.8 Å². The summed E-state index contributed by atoms with van der Waals surface area (Å²) >= 11 is 0. The number of aliphatic hydroxyl groups excluding tert-OH is 1. The molecule has 2 aromatic carbocycles. The molecular formula is C37H55N3O7. The van der Waals surface area contributed by atoms with Crippen LogP contribution in [0.2, 0.25) is 0 Å². The molecule has 10 heteroatoms. The van der Waals surface area contributed by atoms with Crippen molar-refractivity contribution in [3.63, 3.8) is 0 Å². The molecule has 0 saturated carbocycles. The molecule has 3 unspecified atom stereocenters. The Morgan fingerprint density at radius 2 is 1.45 bits per heavy atom. The van der Waals surface area contributed by atoms with Crippen LogP contribution >= 0.6 is 0 Å². The van der Waals surface area contributed by atoms with E-state index in [4.69, 9.17) is 9.47 Å². The third-order valence-corrected chi connectivity index (χ3v) is 7.50. The first-order valence-corrected chi connectivity index (χ1v) is 16.5. The SMILES string of the molecule is CCCCCCN(C(=O)C(CO)NC(=O)OC(C)(C)C)C(C(=O)NC(Cc1ccccc1)C(=O)OC(C)(C)C)c1cccc(C)c1C. The van der Waals surface area contributed by atoms with Gasteiger partial charge in [-0.3, -0.25) is 9.59 Å². The maximum atomic E-state index is 14.5. The van der Waals surface area contributed by atoms with Crippen LogP contribution in [-0.2, 0) is 30.3 Å². The van der Waals surface area contributed by atoms with Gasteiger partial charge in [-0.1, -0.05) is 74.7 Å². The second-order valence-corrected chi connectivity index (χ2v) is 13.9. The van der Waals surface area contributed by atoms with Crippen molar-refractivity contribution in [1.82, 2.24) is 15.5 Å². The van der Waals surface area contributed by atoms with Crippen LogP contribution in [0.3, 0.4) is 0 Å². The highest BCUT2D eigenvalue weighted by Crippen LogP contribution is 2.28. The number of carbonyl (C=O) groups is 4. The molecule has 0 bridgehead atoms. The quantitative estimate of drug-likeness (QED) is 0.166. The number of ether oxygens (including phenoxy) is 2. The van der Waals surface area contributed by atoms with E-state index in [1.54, 1.807) is 47.6 Å². The van der Waals surface area contributed by atoms with Gasteiger partial charge in [0.15, 0.2) is 0 Å². The molecule has 0 aliphatic heterocycles. The lowest BCUT2D eigenvalue weighted by Gasteiger charge is -2.36. The molecule has 3 N–H and O–H groups in total. The molecule has 0 fully saturated rings. The first-order chi connectivity index (χ1) is 22.0. The van der Waals surface area contributed by atoms with Gasteiger partial charge in [-0.05, 0) is 84.1 Å². The topological polar surface area (TPSA) is 134 Å². The molecule has 0 aromatic heterocycles. The molecular weight excluding hydrogens is 598 g/mol. The van der Waals surface area contributed by atoms with Crippen LogP contribution in [0, 0.1) is 13.8 Å². The lowest BCUT2D eigenvalue weighted by molar-refractivity contribution is -0.159. The van der Waals surface area contributed by atoms with Gasteiger partial charge < -0.3 is 30.1 Å². The number of nitrogens with one attached hydrogen (secondary N) is 2. The van der Waals surface area contributed by atoms with E-state index in [1.807, 2.05) is 56.3 Å². The fourth-order valence-electron chi connectivity index (χ4n) is 5.10. The minimum Gasteiger partial charge on any atom is -0.458 e. The number of hydrogen-bond donors (Lipinski definition) is 3. The van der Waals surface area contributed by atoms with Gasteiger partial charge in [-0.15, -0.1) is 0 Å². The van der Waals surface area contributed by atoms with Crippen molar-refractivity contribution in [1.29, 1.82) is 0 Å². The Morgan fingerprint density at radius 1 is 0.809 bits per heavy atom. The Labute approximate surface area is 280 Å². The molecule has 2 rings (SSSR count). The summed E-state index contributed by atoms with van der Waals surface area (Å²) in [7, 11) is 0. The van der Waals surface area contributed by atoms with E-state index in [1.165, 1.54) is 4.90 Å². The van der Waals surface area contributed by atoms with Crippen molar-refractivity contribution in [2.24, 2.45) is 0 Å². The van der Waals surface area contributed by atoms with Gasteiger partial charge in [0.1, 0.15) is 29.3 Å². The molecule has 2 aromatic rings. The molecule has 3 amide bonds.